The summed E-state index contributed by atoms with van der Waals surface area (Å²) in [5.74, 6) is 0.473. The predicted octanol–water partition coefficient (Wildman–Crippen LogP) is 0.821. The molecule has 1 aromatic rings. The summed E-state index contributed by atoms with van der Waals surface area (Å²) in [6.45, 7) is 2.59. The first kappa shape index (κ1) is 13.4. The molecule has 2 bridgehead atoms. The van der Waals surface area contributed by atoms with Crippen LogP contribution in [-0.2, 0) is 0 Å². The maximum atomic E-state index is 11.1. The maximum Gasteiger partial charge on any atom is 0.407 e. The van der Waals surface area contributed by atoms with E-state index in [4.69, 9.17) is 10.8 Å². The van der Waals surface area contributed by atoms with Crippen LogP contribution in [0.25, 0.3) is 0 Å². The first-order valence-electron chi connectivity index (χ1n) is 6.56. The van der Waals surface area contributed by atoms with Crippen molar-refractivity contribution >= 4 is 23.4 Å². The fraction of sp³-hybridized carbons (Fsp3) is 0.500. The van der Waals surface area contributed by atoms with Crippen LogP contribution >= 0.6 is 0 Å². The summed E-state index contributed by atoms with van der Waals surface area (Å²) in [6, 6.07) is 1.64. The van der Waals surface area contributed by atoms with Crippen LogP contribution in [0.15, 0.2) is 6.07 Å². The van der Waals surface area contributed by atoms with E-state index in [1.165, 1.54) is 4.90 Å². The van der Waals surface area contributed by atoms with Gasteiger partial charge in [0.1, 0.15) is 5.82 Å². The zero-order chi connectivity index (χ0) is 15.3. The normalized spacial score (nSPS) is 23.7. The van der Waals surface area contributed by atoms with Gasteiger partial charge in [-0.25, -0.2) is 9.78 Å². The predicted molar refractivity (Wildman–Crippen MR) is 74.3 cm³/mol. The molecule has 3 heterocycles. The van der Waals surface area contributed by atoms with Crippen LogP contribution in [0.4, 0.5) is 22.1 Å². The molecule has 3 rings (SSSR count). The molecule has 2 fully saturated rings. The van der Waals surface area contributed by atoms with Crippen molar-refractivity contribution in [3.8, 4) is 0 Å². The van der Waals surface area contributed by atoms with E-state index in [0.29, 0.717) is 24.5 Å². The molecule has 1 aromatic heterocycles. The number of aryl methyl sites for hydroxylation is 1. The molecule has 1 amide bonds. The van der Waals surface area contributed by atoms with Crippen LogP contribution < -0.4 is 10.6 Å². The lowest BCUT2D eigenvalue weighted by atomic mass is 10.2. The largest absolute Gasteiger partial charge is 0.465 e. The summed E-state index contributed by atoms with van der Waals surface area (Å²) in [4.78, 5) is 29.0. The number of piperazine rings is 1. The van der Waals surface area contributed by atoms with Gasteiger partial charge in [-0.3, -0.25) is 10.1 Å². The van der Waals surface area contributed by atoms with Crippen LogP contribution in [-0.4, -0.2) is 51.2 Å². The number of amides is 1. The molecule has 0 saturated carbocycles. The molecule has 21 heavy (non-hydrogen) atoms. The number of nitrogen functional groups attached to an aromatic ring is 1. The summed E-state index contributed by atoms with van der Waals surface area (Å²) in [5.41, 5.74) is 5.97. The Balaban J connectivity index is 1.88. The van der Waals surface area contributed by atoms with Gasteiger partial charge >= 0.3 is 11.8 Å². The van der Waals surface area contributed by atoms with Gasteiger partial charge in [0.25, 0.3) is 0 Å². The van der Waals surface area contributed by atoms with E-state index in [1.807, 2.05) is 4.90 Å². The Morgan fingerprint density at radius 3 is 2.71 bits per heavy atom. The molecule has 3 N–H and O–H groups in total. The maximum absolute atomic E-state index is 11.1. The van der Waals surface area contributed by atoms with Crippen molar-refractivity contribution < 1.29 is 14.8 Å². The number of nitrogens with zero attached hydrogens (tertiary/aromatic N) is 4. The highest BCUT2D eigenvalue weighted by atomic mass is 16.6. The van der Waals surface area contributed by atoms with Crippen LogP contribution in [0.3, 0.4) is 0 Å². The van der Waals surface area contributed by atoms with Gasteiger partial charge in [0.2, 0.25) is 5.82 Å². The Hall–Kier alpha value is -2.58. The molecule has 2 saturated heterocycles. The lowest BCUT2D eigenvalue weighted by molar-refractivity contribution is -0.384. The number of carboxylic acid groups (broad SMARTS) is 1. The number of hydrogen-bond acceptors (Lipinski definition) is 6. The second-order valence-corrected chi connectivity index (χ2v) is 5.42. The van der Waals surface area contributed by atoms with Gasteiger partial charge in [-0.15, -0.1) is 0 Å². The number of likely N-dealkylation sites (tertiary alicyclic amines) is 1. The quantitative estimate of drug-likeness (QED) is 0.610. The highest BCUT2D eigenvalue weighted by Crippen LogP contribution is 2.36. The number of fused-ring (bicyclic) bond motifs is 2. The van der Waals surface area contributed by atoms with E-state index in [9.17, 15) is 14.9 Å². The number of nitro groups is 1. The first-order valence-corrected chi connectivity index (χ1v) is 6.56. The average molecular weight is 293 g/mol. The van der Waals surface area contributed by atoms with Crippen LogP contribution in [0.1, 0.15) is 12.0 Å². The number of hydrogen-bond donors (Lipinski definition) is 2. The molecular weight excluding hydrogens is 278 g/mol. The van der Waals surface area contributed by atoms with E-state index in [-0.39, 0.29) is 23.6 Å². The molecular formula is C12H15N5O4. The zero-order valence-corrected chi connectivity index (χ0v) is 11.4. The summed E-state index contributed by atoms with van der Waals surface area (Å²) in [5, 5.41) is 20.0. The number of rotatable bonds is 2. The lowest BCUT2D eigenvalue weighted by Crippen LogP contribution is -2.48. The third-order valence-electron chi connectivity index (χ3n) is 4.16. The third-order valence-corrected chi connectivity index (χ3v) is 4.16. The van der Waals surface area contributed by atoms with Gasteiger partial charge in [0.15, 0.2) is 0 Å². The SMILES string of the molecule is Cc1cc(N2C[C@H]3C[C@@H]2CN3C(=O)O)nc(N)c1[N+](=O)[O-]. The summed E-state index contributed by atoms with van der Waals surface area (Å²) < 4.78 is 0. The molecule has 112 valence electrons. The second kappa shape index (κ2) is 4.47. The van der Waals surface area contributed by atoms with Crippen molar-refractivity contribution in [3.63, 3.8) is 0 Å². The van der Waals surface area contributed by atoms with Crippen LogP contribution in [0, 0.1) is 17.0 Å². The topological polar surface area (TPSA) is 126 Å². The van der Waals surface area contributed by atoms with Gasteiger partial charge in [-0.1, -0.05) is 0 Å². The molecule has 0 aliphatic carbocycles. The Labute approximate surface area is 120 Å². The molecule has 2 aliphatic rings. The second-order valence-electron chi connectivity index (χ2n) is 5.42. The fourth-order valence-electron chi connectivity index (χ4n) is 3.24. The molecule has 9 nitrogen and oxygen atoms in total. The molecule has 0 spiro atoms. The Bertz CT molecular complexity index is 611. The van der Waals surface area contributed by atoms with E-state index >= 15 is 0 Å². The molecule has 0 radical (unpaired) electrons. The van der Waals surface area contributed by atoms with Crippen LogP contribution in [0.2, 0.25) is 0 Å². The van der Waals surface area contributed by atoms with Gasteiger partial charge in [-0.05, 0) is 19.4 Å². The number of nitrogens with two attached hydrogens (primary N) is 1. The zero-order valence-electron chi connectivity index (χ0n) is 11.4. The monoisotopic (exact) mass is 293 g/mol. The summed E-state index contributed by atoms with van der Waals surface area (Å²) >= 11 is 0. The van der Waals surface area contributed by atoms with Crippen molar-refractivity contribution in [2.45, 2.75) is 25.4 Å². The van der Waals surface area contributed by atoms with E-state index < -0.39 is 11.0 Å². The number of aromatic nitrogens is 1. The fourth-order valence-corrected chi connectivity index (χ4v) is 3.24. The molecule has 2 aliphatic heterocycles. The van der Waals surface area contributed by atoms with Crippen molar-refractivity contribution in [1.82, 2.24) is 9.88 Å². The molecule has 0 aromatic carbocycles. The highest BCUT2D eigenvalue weighted by Gasteiger charge is 2.46. The van der Waals surface area contributed by atoms with Crippen molar-refractivity contribution in [1.29, 1.82) is 0 Å². The minimum absolute atomic E-state index is 0.0500. The Morgan fingerprint density at radius 2 is 2.24 bits per heavy atom. The first-order chi connectivity index (χ1) is 9.88. The molecule has 2 atom stereocenters. The third kappa shape index (κ3) is 2.01. The molecule has 0 unspecified atom stereocenters. The van der Waals surface area contributed by atoms with Crippen molar-refractivity contribution in [2.24, 2.45) is 0 Å². The minimum atomic E-state index is -0.908. The molecule has 9 heteroatoms. The average Bonchev–Trinajstić information content (AvgIpc) is 2.96. The Morgan fingerprint density at radius 1 is 1.52 bits per heavy atom. The van der Waals surface area contributed by atoms with Gasteiger partial charge in [-0.2, -0.15) is 0 Å². The van der Waals surface area contributed by atoms with E-state index in [2.05, 4.69) is 4.98 Å². The Kier molecular flexibility index (Phi) is 2.85. The summed E-state index contributed by atoms with van der Waals surface area (Å²) in [6.07, 6.45) is -0.154. The minimum Gasteiger partial charge on any atom is -0.465 e. The van der Waals surface area contributed by atoms with Gasteiger partial charge in [0, 0.05) is 18.7 Å². The van der Waals surface area contributed by atoms with E-state index in [1.54, 1.807) is 13.0 Å². The highest BCUT2D eigenvalue weighted by molar-refractivity contribution is 5.68. The number of carbonyl (C=O) groups is 1. The standard InChI is InChI=1S/C12H15N5O4/c1-6-2-9(14-11(13)10(6)17(20)21)15-4-8-3-7(15)5-16(8)12(18)19/h2,7-8H,3-5H2,1H3,(H2,13,14)(H,18,19)/t7-,8-/m1/s1. The van der Waals surface area contributed by atoms with Crippen LogP contribution in [0.5, 0.6) is 0 Å². The van der Waals surface area contributed by atoms with Gasteiger partial charge in [0.05, 0.1) is 17.0 Å². The van der Waals surface area contributed by atoms with E-state index in [0.717, 1.165) is 6.42 Å². The van der Waals surface area contributed by atoms with Crippen molar-refractivity contribution in [2.75, 3.05) is 23.7 Å². The lowest BCUT2D eigenvalue weighted by Gasteiger charge is -2.33. The summed E-state index contributed by atoms with van der Waals surface area (Å²) in [7, 11) is 0. The smallest absolute Gasteiger partial charge is 0.407 e. The van der Waals surface area contributed by atoms with Gasteiger partial charge < -0.3 is 20.6 Å². The number of pyridine rings is 1. The van der Waals surface area contributed by atoms with Crippen molar-refractivity contribution in [3.05, 3.63) is 21.7 Å². The number of anilines is 2.